The fourth-order valence-corrected chi connectivity index (χ4v) is 4.00. The molecule has 6 heteroatoms. The van der Waals surface area contributed by atoms with Crippen LogP contribution in [-0.2, 0) is 13.2 Å². The van der Waals surface area contributed by atoms with E-state index in [4.69, 9.17) is 4.74 Å². The van der Waals surface area contributed by atoms with Crippen LogP contribution in [0.4, 0.5) is 0 Å². The summed E-state index contributed by atoms with van der Waals surface area (Å²) in [4.78, 5) is 8.62. The second-order valence-corrected chi connectivity index (χ2v) is 7.83. The topological polar surface area (TPSA) is 58.5 Å². The van der Waals surface area contributed by atoms with Crippen molar-refractivity contribution in [2.24, 2.45) is 4.99 Å². The Kier molecular flexibility index (Phi) is 7.39. The first-order valence-corrected chi connectivity index (χ1v) is 10.7. The van der Waals surface area contributed by atoms with Gasteiger partial charge in [0, 0.05) is 31.1 Å². The van der Waals surface area contributed by atoms with Crippen molar-refractivity contribution in [3.8, 4) is 5.75 Å². The Bertz CT molecular complexity index is 721. The number of nitrogens with one attached hydrogen (secondary N) is 2. The monoisotopic (exact) mass is 384 g/mol. The molecule has 0 saturated heterocycles. The van der Waals surface area contributed by atoms with Crippen LogP contribution in [0, 0.1) is 0 Å². The summed E-state index contributed by atoms with van der Waals surface area (Å²) in [6.45, 7) is 1.21. The minimum Gasteiger partial charge on any atom is -0.487 e. The molecule has 0 amide bonds. The zero-order valence-corrected chi connectivity index (χ0v) is 16.8. The first-order chi connectivity index (χ1) is 13.3. The molecular formula is C21H28N4OS. The van der Waals surface area contributed by atoms with Crippen molar-refractivity contribution in [2.75, 3.05) is 13.3 Å². The van der Waals surface area contributed by atoms with Crippen molar-refractivity contribution in [2.45, 2.75) is 43.7 Å². The number of hydrogen-bond donors (Lipinski definition) is 2. The van der Waals surface area contributed by atoms with E-state index in [1.807, 2.05) is 49.1 Å². The summed E-state index contributed by atoms with van der Waals surface area (Å²) in [6.07, 6.45) is 7.69. The molecule has 2 N–H and O–H groups in total. The van der Waals surface area contributed by atoms with Crippen molar-refractivity contribution in [1.29, 1.82) is 0 Å². The Morgan fingerprint density at radius 1 is 1.22 bits per heavy atom. The third kappa shape index (κ3) is 6.17. The van der Waals surface area contributed by atoms with Crippen LogP contribution in [0.3, 0.4) is 0 Å². The molecule has 0 spiro atoms. The molecule has 1 fully saturated rings. The molecule has 0 aliphatic heterocycles. The highest BCUT2D eigenvalue weighted by Crippen LogP contribution is 2.28. The van der Waals surface area contributed by atoms with Crippen LogP contribution in [-0.4, -0.2) is 35.5 Å². The number of hydrogen-bond acceptors (Lipinski definition) is 4. The van der Waals surface area contributed by atoms with Gasteiger partial charge < -0.3 is 15.4 Å². The number of nitrogens with zero attached hydrogens (tertiary/aromatic N) is 2. The fraction of sp³-hybridized carbons (Fsp3) is 0.429. The standard InChI is InChI=1S/C21H28N4OS/c1-22-21(25-17-8-11-20(13-17)27-2)24-14-16-6-9-19(10-7-16)26-15-18-5-3-4-12-23-18/h3-7,9-10,12,17,20H,8,11,13-15H2,1-2H3,(H2,22,24,25). The molecule has 1 aliphatic carbocycles. The van der Waals surface area contributed by atoms with Gasteiger partial charge in [-0.05, 0) is 55.3 Å². The molecule has 1 saturated carbocycles. The van der Waals surface area contributed by atoms with Crippen LogP contribution >= 0.6 is 11.8 Å². The Morgan fingerprint density at radius 3 is 2.74 bits per heavy atom. The van der Waals surface area contributed by atoms with Gasteiger partial charge in [0.25, 0.3) is 0 Å². The summed E-state index contributed by atoms with van der Waals surface area (Å²) in [6, 6.07) is 14.5. The van der Waals surface area contributed by atoms with Crippen molar-refractivity contribution in [3.63, 3.8) is 0 Å². The maximum Gasteiger partial charge on any atom is 0.191 e. The van der Waals surface area contributed by atoms with Crippen LogP contribution < -0.4 is 15.4 Å². The molecule has 1 aromatic heterocycles. The smallest absolute Gasteiger partial charge is 0.191 e. The first kappa shape index (κ1) is 19.5. The van der Waals surface area contributed by atoms with Crippen LogP contribution in [0.25, 0.3) is 0 Å². The number of thioether (sulfide) groups is 1. The van der Waals surface area contributed by atoms with Crippen LogP contribution in [0.15, 0.2) is 53.7 Å². The van der Waals surface area contributed by atoms with E-state index in [-0.39, 0.29) is 0 Å². The maximum atomic E-state index is 5.78. The Morgan fingerprint density at radius 2 is 2.07 bits per heavy atom. The SMILES string of the molecule is CN=C(NCc1ccc(OCc2ccccn2)cc1)NC1CCC(SC)C1. The number of rotatable bonds is 7. The largest absolute Gasteiger partial charge is 0.487 e. The average molecular weight is 385 g/mol. The number of aliphatic imine (C=N–C) groups is 1. The molecule has 27 heavy (non-hydrogen) atoms. The third-order valence-corrected chi connectivity index (χ3v) is 5.87. The van der Waals surface area contributed by atoms with Crippen molar-refractivity contribution >= 4 is 17.7 Å². The lowest BCUT2D eigenvalue weighted by Crippen LogP contribution is -2.42. The lowest BCUT2D eigenvalue weighted by atomic mass is 10.2. The number of aromatic nitrogens is 1. The molecule has 3 rings (SSSR count). The fourth-order valence-electron chi connectivity index (χ4n) is 3.20. The zero-order chi connectivity index (χ0) is 18.9. The van der Waals surface area contributed by atoms with Gasteiger partial charge in [0.15, 0.2) is 5.96 Å². The van der Waals surface area contributed by atoms with Gasteiger partial charge in [-0.2, -0.15) is 11.8 Å². The first-order valence-electron chi connectivity index (χ1n) is 9.38. The summed E-state index contributed by atoms with van der Waals surface area (Å²) in [5.74, 6) is 1.72. The van der Waals surface area contributed by atoms with Gasteiger partial charge in [0.1, 0.15) is 12.4 Å². The molecular weight excluding hydrogens is 356 g/mol. The van der Waals surface area contributed by atoms with E-state index in [9.17, 15) is 0 Å². The zero-order valence-electron chi connectivity index (χ0n) is 16.0. The van der Waals surface area contributed by atoms with E-state index >= 15 is 0 Å². The average Bonchev–Trinajstić information content (AvgIpc) is 3.19. The molecule has 5 nitrogen and oxygen atoms in total. The quantitative estimate of drug-likeness (QED) is 0.564. The molecule has 0 radical (unpaired) electrons. The summed E-state index contributed by atoms with van der Waals surface area (Å²) < 4.78 is 5.78. The van der Waals surface area contributed by atoms with Crippen molar-refractivity contribution in [3.05, 3.63) is 59.9 Å². The summed E-state index contributed by atoms with van der Waals surface area (Å²) >= 11 is 1.97. The van der Waals surface area contributed by atoms with Gasteiger partial charge in [0.05, 0.1) is 5.69 Å². The second-order valence-electron chi connectivity index (χ2n) is 6.69. The summed E-state index contributed by atoms with van der Waals surface area (Å²) in [5.41, 5.74) is 2.12. The highest BCUT2D eigenvalue weighted by Gasteiger charge is 2.24. The molecule has 2 atom stereocenters. The van der Waals surface area contributed by atoms with Gasteiger partial charge in [-0.1, -0.05) is 18.2 Å². The number of ether oxygens (including phenoxy) is 1. The second kappa shape index (κ2) is 10.2. The Hall–Kier alpha value is -2.21. The predicted octanol–water partition coefficient (Wildman–Crippen LogP) is 3.61. The van der Waals surface area contributed by atoms with Gasteiger partial charge in [-0.3, -0.25) is 9.98 Å². The minimum absolute atomic E-state index is 0.480. The molecule has 2 aromatic rings. The highest BCUT2D eigenvalue weighted by molar-refractivity contribution is 7.99. The van der Waals surface area contributed by atoms with E-state index in [1.165, 1.54) is 24.8 Å². The molecule has 2 unspecified atom stereocenters. The lowest BCUT2D eigenvalue weighted by molar-refractivity contribution is 0.301. The maximum absolute atomic E-state index is 5.78. The van der Waals surface area contributed by atoms with E-state index in [0.29, 0.717) is 12.6 Å². The predicted molar refractivity (Wildman–Crippen MR) is 113 cm³/mol. The van der Waals surface area contributed by atoms with Crippen LogP contribution in [0.2, 0.25) is 0 Å². The molecule has 1 aliphatic rings. The van der Waals surface area contributed by atoms with Gasteiger partial charge >= 0.3 is 0 Å². The number of benzene rings is 1. The van der Waals surface area contributed by atoms with Gasteiger partial charge in [-0.15, -0.1) is 0 Å². The van der Waals surface area contributed by atoms with Gasteiger partial charge in [-0.25, -0.2) is 0 Å². The molecule has 144 valence electrons. The molecule has 1 aromatic carbocycles. The van der Waals surface area contributed by atoms with E-state index in [0.717, 1.165) is 29.2 Å². The molecule has 1 heterocycles. The van der Waals surface area contributed by atoms with Crippen LogP contribution in [0.5, 0.6) is 5.75 Å². The van der Waals surface area contributed by atoms with Crippen LogP contribution in [0.1, 0.15) is 30.5 Å². The van der Waals surface area contributed by atoms with Crippen molar-refractivity contribution < 1.29 is 4.74 Å². The molecule has 0 bridgehead atoms. The minimum atomic E-state index is 0.480. The lowest BCUT2D eigenvalue weighted by Gasteiger charge is -2.17. The summed E-state index contributed by atoms with van der Waals surface area (Å²) in [5, 5.41) is 7.73. The number of pyridine rings is 1. The number of guanidine groups is 1. The van der Waals surface area contributed by atoms with Gasteiger partial charge in [0.2, 0.25) is 0 Å². The Labute approximate surface area is 166 Å². The van der Waals surface area contributed by atoms with E-state index < -0.39 is 0 Å². The van der Waals surface area contributed by atoms with Crippen molar-refractivity contribution in [1.82, 2.24) is 15.6 Å². The van der Waals surface area contributed by atoms with E-state index in [2.05, 4.69) is 39.0 Å². The normalized spacial score (nSPS) is 19.7. The van der Waals surface area contributed by atoms with E-state index in [1.54, 1.807) is 6.20 Å². The Balaban J connectivity index is 1.43. The summed E-state index contributed by atoms with van der Waals surface area (Å²) in [7, 11) is 1.82. The third-order valence-electron chi connectivity index (χ3n) is 4.78. The highest BCUT2D eigenvalue weighted by atomic mass is 32.2.